The van der Waals surface area contributed by atoms with Gasteiger partial charge in [-0.05, 0) is 36.5 Å². The second-order valence-corrected chi connectivity index (χ2v) is 12.7. The number of halogens is 1. The van der Waals surface area contributed by atoms with Crippen LogP contribution in [0.1, 0.15) is 33.1 Å². The monoisotopic (exact) mass is 554 g/mol. The van der Waals surface area contributed by atoms with E-state index in [1.807, 2.05) is 4.90 Å². The largest absolute Gasteiger partial charge is 0.367 e. The fourth-order valence-electron chi connectivity index (χ4n) is 5.84. The number of carbonyl (C=O) groups excluding carboxylic acids is 1. The number of anilines is 1. The van der Waals surface area contributed by atoms with E-state index >= 15 is 0 Å². The van der Waals surface area contributed by atoms with E-state index < -0.39 is 15.6 Å². The highest BCUT2D eigenvalue weighted by Crippen LogP contribution is 2.30. The zero-order valence-electron chi connectivity index (χ0n) is 22.3. The molecule has 2 fully saturated rings. The number of hydrogen-bond donors (Lipinski definition) is 1. The molecule has 1 aliphatic carbocycles. The number of para-hydroxylation sites is 1. The molecule has 39 heavy (non-hydrogen) atoms. The first-order valence-electron chi connectivity index (χ1n) is 13.6. The third-order valence-electron chi connectivity index (χ3n) is 8.37. The molecule has 0 bridgehead atoms. The molecule has 5 rings (SSSR count). The standard InChI is InChI=1S/C29H35FN4O4S/c1-20-8-7-12-25(21(20)2)31-28(35)19-33-18-27(22-9-3-4-10-23(22)29(33)36)39(37,38)34-16-14-32(15-17-34)26-13-6-5-11-24(26)30/h3-6,9-11,13,18,20-21,25H,7-8,12,14-17,19H2,1-2H3,(H,31,35)/t20-,21-,25-/m1/s1. The molecule has 1 saturated heterocycles. The predicted octanol–water partition coefficient (Wildman–Crippen LogP) is 3.59. The minimum Gasteiger partial charge on any atom is -0.367 e. The molecule has 2 aliphatic rings. The van der Waals surface area contributed by atoms with Gasteiger partial charge in [-0.25, -0.2) is 12.8 Å². The van der Waals surface area contributed by atoms with E-state index in [1.54, 1.807) is 42.5 Å². The molecule has 3 aromatic rings. The molecule has 208 valence electrons. The molecular weight excluding hydrogens is 519 g/mol. The molecule has 1 aromatic heterocycles. The van der Waals surface area contributed by atoms with E-state index in [2.05, 4.69) is 19.2 Å². The lowest BCUT2D eigenvalue weighted by Crippen LogP contribution is -2.49. The van der Waals surface area contributed by atoms with Crippen molar-refractivity contribution in [1.82, 2.24) is 14.2 Å². The maximum absolute atomic E-state index is 14.3. The Balaban J connectivity index is 1.41. The van der Waals surface area contributed by atoms with Crippen molar-refractivity contribution >= 4 is 32.4 Å². The van der Waals surface area contributed by atoms with Crippen LogP contribution in [0.25, 0.3) is 10.8 Å². The van der Waals surface area contributed by atoms with Crippen LogP contribution >= 0.6 is 0 Å². The van der Waals surface area contributed by atoms with Crippen molar-refractivity contribution in [1.29, 1.82) is 0 Å². The Labute approximate surface area is 228 Å². The quantitative estimate of drug-likeness (QED) is 0.503. The van der Waals surface area contributed by atoms with Crippen LogP contribution in [0.3, 0.4) is 0 Å². The lowest BCUT2D eigenvalue weighted by molar-refractivity contribution is -0.123. The van der Waals surface area contributed by atoms with Gasteiger partial charge in [0.05, 0.1) is 5.69 Å². The van der Waals surface area contributed by atoms with Gasteiger partial charge in [0.15, 0.2) is 0 Å². The highest BCUT2D eigenvalue weighted by molar-refractivity contribution is 7.89. The van der Waals surface area contributed by atoms with Gasteiger partial charge < -0.3 is 14.8 Å². The van der Waals surface area contributed by atoms with Crippen LogP contribution in [-0.2, 0) is 21.4 Å². The summed E-state index contributed by atoms with van der Waals surface area (Å²) >= 11 is 0. The molecule has 2 heterocycles. The smallest absolute Gasteiger partial charge is 0.258 e. The third-order valence-corrected chi connectivity index (χ3v) is 10.3. The third kappa shape index (κ3) is 5.45. The summed E-state index contributed by atoms with van der Waals surface area (Å²) in [6.45, 7) is 5.06. The fourth-order valence-corrected chi connectivity index (χ4v) is 7.48. The molecule has 2 aromatic carbocycles. The SMILES string of the molecule is C[C@@H]1[C@H](C)CCC[C@H]1NC(=O)Cn1cc(S(=O)(=O)N2CCN(c3ccccc3F)CC2)c2ccccc2c1=O. The van der Waals surface area contributed by atoms with Crippen molar-refractivity contribution in [2.75, 3.05) is 31.1 Å². The molecule has 10 heteroatoms. The van der Waals surface area contributed by atoms with E-state index in [4.69, 9.17) is 0 Å². The summed E-state index contributed by atoms with van der Waals surface area (Å²) in [5.41, 5.74) is 0.0374. The first-order chi connectivity index (χ1) is 18.7. The Hall–Kier alpha value is -3.24. The first-order valence-corrected chi connectivity index (χ1v) is 15.0. The van der Waals surface area contributed by atoms with Crippen LogP contribution in [0.5, 0.6) is 0 Å². The minimum atomic E-state index is -4.00. The molecule has 0 unspecified atom stereocenters. The van der Waals surface area contributed by atoms with E-state index in [1.165, 1.54) is 21.1 Å². The summed E-state index contributed by atoms with van der Waals surface area (Å²) in [5, 5.41) is 3.65. The van der Waals surface area contributed by atoms with Crippen molar-refractivity contribution in [3.05, 3.63) is 70.9 Å². The Morgan fingerprint density at radius 2 is 1.64 bits per heavy atom. The molecule has 3 atom stereocenters. The van der Waals surface area contributed by atoms with Gasteiger partial charge in [0, 0.05) is 49.2 Å². The van der Waals surface area contributed by atoms with Gasteiger partial charge in [0.25, 0.3) is 5.56 Å². The first kappa shape index (κ1) is 27.3. The van der Waals surface area contributed by atoms with Crippen LogP contribution in [-0.4, -0.2) is 55.4 Å². The summed E-state index contributed by atoms with van der Waals surface area (Å²) in [5.74, 6) is 0.181. The summed E-state index contributed by atoms with van der Waals surface area (Å²) in [6.07, 6.45) is 4.37. The molecule has 0 radical (unpaired) electrons. The number of nitrogens with one attached hydrogen (secondary N) is 1. The number of piperazine rings is 1. The molecule has 1 N–H and O–H groups in total. The number of carbonyl (C=O) groups is 1. The van der Waals surface area contributed by atoms with Gasteiger partial charge >= 0.3 is 0 Å². The van der Waals surface area contributed by atoms with Gasteiger partial charge in [0.1, 0.15) is 17.3 Å². The highest BCUT2D eigenvalue weighted by Gasteiger charge is 2.32. The second-order valence-electron chi connectivity index (χ2n) is 10.8. The van der Waals surface area contributed by atoms with Crippen molar-refractivity contribution in [2.24, 2.45) is 11.8 Å². The van der Waals surface area contributed by atoms with E-state index in [9.17, 15) is 22.4 Å². The number of rotatable bonds is 6. The zero-order valence-corrected chi connectivity index (χ0v) is 23.2. The summed E-state index contributed by atoms with van der Waals surface area (Å²) in [4.78, 5) is 28.1. The number of aromatic nitrogens is 1. The van der Waals surface area contributed by atoms with E-state index in [0.29, 0.717) is 36.0 Å². The highest BCUT2D eigenvalue weighted by atomic mass is 32.2. The van der Waals surface area contributed by atoms with Crippen LogP contribution in [0.2, 0.25) is 0 Å². The lowest BCUT2D eigenvalue weighted by atomic mass is 9.78. The van der Waals surface area contributed by atoms with Gasteiger partial charge in [-0.15, -0.1) is 0 Å². The fraction of sp³-hybridized carbons (Fsp3) is 0.448. The van der Waals surface area contributed by atoms with Crippen molar-refractivity contribution in [2.45, 2.75) is 50.6 Å². The van der Waals surface area contributed by atoms with Crippen molar-refractivity contribution in [3.63, 3.8) is 0 Å². The Morgan fingerprint density at radius 3 is 2.36 bits per heavy atom. The molecule has 1 saturated carbocycles. The zero-order chi connectivity index (χ0) is 27.7. The minimum absolute atomic E-state index is 0.00972. The number of benzene rings is 2. The number of amides is 1. The molecule has 8 nitrogen and oxygen atoms in total. The number of pyridine rings is 1. The Kier molecular flexibility index (Phi) is 7.77. The van der Waals surface area contributed by atoms with Crippen molar-refractivity contribution < 1.29 is 17.6 Å². The van der Waals surface area contributed by atoms with Crippen LogP contribution in [0, 0.1) is 17.7 Å². The molecule has 1 amide bonds. The Bertz CT molecular complexity index is 1530. The number of nitrogens with zero attached hydrogens (tertiary/aromatic N) is 3. The van der Waals surface area contributed by atoms with Gasteiger partial charge in [-0.3, -0.25) is 9.59 Å². The maximum Gasteiger partial charge on any atom is 0.258 e. The summed E-state index contributed by atoms with van der Waals surface area (Å²) < 4.78 is 44.6. The number of sulfonamides is 1. The topological polar surface area (TPSA) is 91.7 Å². The lowest BCUT2D eigenvalue weighted by Gasteiger charge is -2.35. The Morgan fingerprint density at radius 1 is 0.974 bits per heavy atom. The molecular formula is C29H35FN4O4S. The van der Waals surface area contributed by atoms with Crippen LogP contribution < -0.4 is 15.8 Å². The maximum atomic E-state index is 14.3. The van der Waals surface area contributed by atoms with Gasteiger partial charge in [0.2, 0.25) is 15.9 Å². The van der Waals surface area contributed by atoms with Crippen molar-refractivity contribution in [3.8, 4) is 0 Å². The normalized spacial score (nSPS) is 22.6. The van der Waals surface area contributed by atoms with Crippen LogP contribution in [0.15, 0.2) is 64.4 Å². The van der Waals surface area contributed by atoms with Crippen LogP contribution in [0.4, 0.5) is 10.1 Å². The average molecular weight is 555 g/mol. The van der Waals surface area contributed by atoms with E-state index in [0.717, 1.165) is 19.3 Å². The molecule has 1 aliphatic heterocycles. The second kappa shape index (κ2) is 11.1. The summed E-state index contributed by atoms with van der Waals surface area (Å²) in [6, 6.07) is 13.1. The average Bonchev–Trinajstić information content (AvgIpc) is 2.93. The van der Waals surface area contributed by atoms with E-state index in [-0.39, 0.29) is 47.7 Å². The van der Waals surface area contributed by atoms with Gasteiger partial charge in [-0.1, -0.05) is 57.0 Å². The molecule has 0 spiro atoms. The predicted molar refractivity (Wildman–Crippen MR) is 150 cm³/mol. The number of fused-ring (bicyclic) bond motifs is 1. The van der Waals surface area contributed by atoms with Gasteiger partial charge in [-0.2, -0.15) is 4.31 Å². The number of hydrogen-bond acceptors (Lipinski definition) is 5. The summed E-state index contributed by atoms with van der Waals surface area (Å²) in [7, 11) is -4.00.